The van der Waals surface area contributed by atoms with Crippen LogP contribution in [0.3, 0.4) is 0 Å². The first kappa shape index (κ1) is 24.3. The fraction of sp³-hybridized carbons (Fsp3) is 0.188. The van der Waals surface area contributed by atoms with Crippen LogP contribution < -0.4 is 10.1 Å². The van der Waals surface area contributed by atoms with E-state index in [4.69, 9.17) is 9.72 Å². The lowest BCUT2D eigenvalue weighted by atomic mass is 10.1. The molecule has 1 amide bonds. The summed E-state index contributed by atoms with van der Waals surface area (Å²) in [5, 5.41) is 5.32. The number of aryl methyl sites for hydroxylation is 1. The fourth-order valence-electron chi connectivity index (χ4n) is 4.53. The van der Waals surface area contributed by atoms with Crippen LogP contribution in [0.15, 0.2) is 103 Å². The van der Waals surface area contributed by atoms with Crippen LogP contribution in [-0.4, -0.2) is 28.6 Å². The topological polar surface area (TPSA) is 56.2 Å². The van der Waals surface area contributed by atoms with Crippen molar-refractivity contribution >= 4 is 33.8 Å². The molecule has 1 N–H and O–H groups in total. The van der Waals surface area contributed by atoms with Crippen molar-refractivity contribution in [3.8, 4) is 5.75 Å². The lowest BCUT2D eigenvalue weighted by Gasteiger charge is -2.11. The number of benzene rings is 4. The zero-order chi connectivity index (χ0) is 25.3. The van der Waals surface area contributed by atoms with Gasteiger partial charge in [-0.2, -0.15) is 0 Å². The molecule has 4 aromatic carbocycles. The standard InChI is InChI=1S/C32H31N3O2/c36-32(20-19-25-11-2-1-3-12-25)33-22-21-31-34-28-16-6-7-17-29(28)35(31)23-8-9-24-37-30-18-10-14-26-13-4-5-15-27(26)30/h1-7,10-20H,8-9,21-24H2,(H,33,36)/b20-19+. The molecule has 0 fully saturated rings. The van der Waals surface area contributed by atoms with Crippen LogP contribution in [0.5, 0.6) is 5.75 Å². The van der Waals surface area contributed by atoms with E-state index in [-0.39, 0.29) is 5.91 Å². The summed E-state index contributed by atoms with van der Waals surface area (Å²) in [6.45, 7) is 2.06. The average Bonchev–Trinajstić information content (AvgIpc) is 3.29. The maximum atomic E-state index is 12.3. The molecular weight excluding hydrogens is 458 g/mol. The highest BCUT2D eigenvalue weighted by Gasteiger charge is 2.10. The second-order valence-corrected chi connectivity index (χ2v) is 8.99. The summed E-state index contributed by atoms with van der Waals surface area (Å²) in [6.07, 6.45) is 5.99. The number of carbonyl (C=O) groups is 1. The molecule has 0 aliphatic carbocycles. The summed E-state index contributed by atoms with van der Waals surface area (Å²) in [5.74, 6) is 1.82. The van der Waals surface area contributed by atoms with Gasteiger partial charge in [0.25, 0.3) is 0 Å². The van der Waals surface area contributed by atoms with Gasteiger partial charge in [0, 0.05) is 31.0 Å². The van der Waals surface area contributed by atoms with Gasteiger partial charge in [-0.1, -0.05) is 78.9 Å². The number of unbranched alkanes of at least 4 members (excludes halogenated alkanes) is 1. The Bertz CT molecular complexity index is 1500. The fourth-order valence-corrected chi connectivity index (χ4v) is 4.53. The molecule has 37 heavy (non-hydrogen) atoms. The van der Waals surface area contributed by atoms with Crippen LogP contribution >= 0.6 is 0 Å². The third-order valence-electron chi connectivity index (χ3n) is 6.39. The predicted octanol–water partition coefficient (Wildman–Crippen LogP) is 6.42. The van der Waals surface area contributed by atoms with Crippen molar-refractivity contribution in [1.82, 2.24) is 14.9 Å². The quantitative estimate of drug-likeness (QED) is 0.172. The summed E-state index contributed by atoms with van der Waals surface area (Å²) in [6, 6.07) is 32.5. The summed E-state index contributed by atoms with van der Waals surface area (Å²) in [5.41, 5.74) is 3.12. The first-order chi connectivity index (χ1) is 18.3. The molecule has 0 aliphatic heterocycles. The molecule has 5 heteroatoms. The smallest absolute Gasteiger partial charge is 0.244 e. The van der Waals surface area contributed by atoms with E-state index < -0.39 is 0 Å². The Morgan fingerprint density at radius 2 is 1.65 bits per heavy atom. The SMILES string of the molecule is O=C(/C=C/c1ccccc1)NCCc1nc2ccccc2n1CCCCOc1cccc2ccccc12. The molecule has 5 rings (SSSR count). The van der Waals surface area contributed by atoms with Crippen LogP contribution in [0.25, 0.3) is 27.9 Å². The molecule has 0 bridgehead atoms. The molecular formula is C32H31N3O2. The van der Waals surface area contributed by atoms with Crippen molar-refractivity contribution in [2.24, 2.45) is 0 Å². The molecule has 1 aromatic heterocycles. The maximum Gasteiger partial charge on any atom is 0.244 e. The van der Waals surface area contributed by atoms with E-state index in [2.05, 4.69) is 34.1 Å². The third kappa shape index (κ3) is 6.25. The van der Waals surface area contributed by atoms with Crippen molar-refractivity contribution in [2.45, 2.75) is 25.8 Å². The molecule has 0 radical (unpaired) electrons. The minimum absolute atomic E-state index is 0.0999. The highest BCUT2D eigenvalue weighted by molar-refractivity contribution is 5.91. The van der Waals surface area contributed by atoms with Gasteiger partial charge in [-0.15, -0.1) is 0 Å². The lowest BCUT2D eigenvalue weighted by Crippen LogP contribution is -2.24. The lowest BCUT2D eigenvalue weighted by molar-refractivity contribution is -0.116. The van der Waals surface area contributed by atoms with Gasteiger partial charge in [0.15, 0.2) is 0 Å². The minimum Gasteiger partial charge on any atom is -0.493 e. The number of carbonyl (C=O) groups excluding carboxylic acids is 1. The molecule has 186 valence electrons. The van der Waals surface area contributed by atoms with E-state index in [1.165, 1.54) is 5.39 Å². The number of aromatic nitrogens is 2. The highest BCUT2D eigenvalue weighted by Crippen LogP contribution is 2.25. The van der Waals surface area contributed by atoms with E-state index in [1.54, 1.807) is 6.08 Å². The number of imidazole rings is 1. The van der Waals surface area contributed by atoms with Gasteiger partial charge >= 0.3 is 0 Å². The summed E-state index contributed by atoms with van der Waals surface area (Å²) in [4.78, 5) is 17.1. The molecule has 5 aromatic rings. The number of ether oxygens (including phenoxy) is 1. The molecule has 0 unspecified atom stereocenters. The monoisotopic (exact) mass is 489 g/mol. The number of nitrogens with zero attached hydrogens (tertiary/aromatic N) is 2. The van der Waals surface area contributed by atoms with Crippen LogP contribution in [0, 0.1) is 0 Å². The van der Waals surface area contributed by atoms with E-state index in [0.29, 0.717) is 19.6 Å². The number of para-hydroxylation sites is 2. The molecule has 0 saturated carbocycles. The van der Waals surface area contributed by atoms with Gasteiger partial charge in [-0.3, -0.25) is 4.79 Å². The van der Waals surface area contributed by atoms with Crippen LogP contribution in [0.4, 0.5) is 0 Å². The second kappa shape index (κ2) is 12.0. The summed E-state index contributed by atoms with van der Waals surface area (Å²) >= 11 is 0. The van der Waals surface area contributed by atoms with Gasteiger partial charge in [-0.25, -0.2) is 4.98 Å². The average molecular weight is 490 g/mol. The largest absolute Gasteiger partial charge is 0.493 e. The Morgan fingerprint density at radius 1 is 0.865 bits per heavy atom. The van der Waals surface area contributed by atoms with Gasteiger partial charge in [-0.05, 0) is 48.1 Å². The number of hydrogen-bond donors (Lipinski definition) is 1. The minimum atomic E-state index is -0.0999. The second-order valence-electron chi connectivity index (χ2n) is 8.99. The van der Waals surface area contributed by atoms with Gasteiger partial charge in [0.05, 0.1) is 17.6 Å². The molecule has 0 atom stereocenters. The number of fused-ring (bicyclic) bond motifs is 2. The zero-order valence-corrected chi connectivity index (χ0v) is 20.8. The Labute approximate surface area is 217 Å². The highest BCUT2D eigenvalue weighted by atomic mass is 16.5. The number of hydrogen-bond acceptors (Lipinski definition) is 3. The van der Waals surface area contributed by atoms with E-state index in [1.807, 2.05) is 78.9 Å². The van der Waals surface area contributed by atoms with Crippen molar-refractivity contribution in [3.05, 3.63) is 115 Å². The summed E-state index contributed by atoms with van der Waals surface area (Å²) < 4.78 is 8.40. The third-order valence-corrected chi connectivity index (χ3v) is 6.39. The molecule has 0 saturated heterocycles. The van der Waals surface area contributed by atoms with Gasteiger partial charge in [0.2, 0.25) is 5.91 Å². The van der Waals surface area contributed by atoms with Crippen molar-refractivity contribution in [1.29, 1.82) is 0 Å². The molecule has 0 spiro atoms. The van der Waals surface area contributed by atoms with Crippen molar-refractivity contribution in [3.63, 3.8) is 0 Å². The van der Waals surface area contributed by atoms with Crippen LogP contribution in [-0.2, 0) is 17.8 Å². The van der Waals surface area contributed by atoms with Crippen molar-refractivity contribution in [2.75, 3.05) is 13.2 Å². The number of amides is 1. The van der Waals surface area contributed by atoms with E-state index >= 15 is 0 Å². The normalized spacial score (nSPS) is 11.4. The predicted molar refractivity (Wildman–Crippen MR) is 151 cm³/mol. The Kier molecular flexibility index (Phi) is 7.91. The van der Waals surface area contributed by atoms with Gasteiger partial charge < -0.3 is 14.6 Å². The zero-order valence-electron chi connectivity index (χ0n) is 20.8. The molecule has 0 aliphatic rings. The van der Waals surface area contributed by atoms with Gasteiger partial charge in [0.1, 0.15) is 11.6 Å². The first-order valence-corrected chi connectivity index (χ1v) is 12.8. The number of nitrogens with one attached hydrogen (secondary N) is 1. The number of rotatable bonds is 11. The first-order valence-electron chi connectivity index (χ1n) is 12.8. The summed E-state index contributed by atoms with van der Waals surface area (Å²) in [7, 11) is 0. The Balaban J connectivity index is 1.15. The Hall–Kier alpha value is -4.38. The Morgan fingerprint density at radius 3 is 2.57 bits per heavy atom. The van der Waals surface area contributed by atoms with Crippen LogP contribution in [0.2, 0.25) is 0 Å². The van der Waals surface area contributed by atoms with E-state index in [0.717, 1.165) is 52.9 Å². The van der Waals surface area contributed by atoms with E-state index in [9.17, 15) is 4.79 Å². The van der Waals surface area contributed by atoms with Crippen molar-refractivity contribution < 1.29 is 9.53 Å². The maximum absolute atomic E-state index is 12.3. The van der Waals surface area contributed by atoms with Crippen LogP contribution in [0.1, 0.15) is 24.2 Å². The molecule has 5 nitrogen and oxygen atoms in total. The molecule has 1 heterocycles.